The molecule has 11 atom stereocenters. The summed E-state index contributed by atoms with van der Waals surface area (Å²) in [4.78, 5) is 12.7. The summed E-state index contributed by atoms with van der Waals surface area (Å²) < 4.78 is 0. The molecule has 5 saturated carbocycles. The van der Waals surface area contributed by atoms with Crippen molar-refractivity contribution in [3.63, 3.8) is 0 Å². The van der Waals surface area contributed by atoms with Crippen molar-refractivity contribution < 1.29 is 15.0 Å². The first kappa shape index (κ1) is 26.2. The fourth-order valence-electron chi connectivity index (χ4n) is 11.1. The zero-order valence-electron chi connectivity index (χ0n) is 23.1. The van der Waals surface area contributed by atoms with Crippen LogP contribution in [0, 0.1) is 57.2 Å². The van der Waals surface area contributed by atoms with E-state index in [9.17, 15) is 15.0 Å². The summed E-state index contributed by atoms with van der Waals surface area (Å²) in [5.41, 5.74) is 1.45. The number of aliphatic carboxylic acids is 1. The molecule has 3 heteroatoms. The molecule has 9 unspecified atom stereocenters. The number of carboxylic acids is 1. The highest BCUT2D eigenvalue weighted by Gasteiger charge is 2.71. The lowest BCUT2D eigenvalue weighted by Crippen LogP contribution is -2.66. The molecule has 0 heterocycles. The number of fused-ring (bicyclic) bond motifs is 7. The van der Waals surface area contributed by atoms with Gasteiger partial charge in [0.15, 0.2) is 0 Å². The van der Waals surface area contributed by atoms with Crippen LogP contribution in [0.15, 0.2) is 12.2 Å². The second kappa shape index (κ2) is 8.63. The Labute approximate surface area is 209 Å². The highest BCUT2D eigenvalue weighted by molar-refractivity contribution is 5.76. The van der Waals surface area contributed by atoms with Crippen LogP contribution >= 0.6 is 0 Å². The Kier molecular flexibility index (Phi) is 6.66. The SMILES string of the molecule is C=C(C)[C@@H]1CCC2(C(=O)O)CC[C@]3(C)C(CCC4C5(C)CCC(O)C(C)C5CCC43C)C12.CC. The minimum atomic E-state index is -0.536. The van der Waals surface area contributed by atoms with E-state index in [2.05, 4.69) is 41.2 Å². The molecule has 0 aromatic heterocycles. The zero-order chi connectivity index (χ0) is 25.3. The van der Waals surface area contributed by atoms with Crippen LogP contribution in [0.3, 0.4) is 0 Å². The van der Waals surface area contributed by atoms with Gasteiger partial charge in [-0.3, -0.25) is 4.79 Å². The number of hydrogen-bond acceptors (Lipinski definition) is 2. The van der Waals surface area contributed by atoms with Gasteiger partial charge in [0.1, 0.15) is 0 Å². The summed E-state index contributed by atoms with van der Waals surface area (Å²) in [6.07, 6.45) is 10.6. The molecule has 0 amide bonds. The Balaban J connectivity index is 0.00000133. The number of carbonyl (C=O) groups is 1. The number of aliphatic hydroxyl groups is 1. The predicted molar refractivity (Wildman–Crippen MR) is 139 cm³/mol. The molecule has 5 aliphatic rings. The van der Waals surface area contributed by atoms with Crippen LogP contribution in [0.4, 0.5) is 0 Å². The average Bonchev–Trinajstić information content (AvgIpc) is 3.20. The average molecular weight is 473 g/mol. The smallest absolute Gasteiger partial charge is 0.309 e. The maximum atomic E-state index is 12.7. The van der Waals surface area contributed by atoms with E-state index in [-0.39, 0.29) is 22.9 Å². The van der Waals surface area contributed by atoms with Crippen molar-refractivity contribution in [3.05, 3.63) is 12.2 Å². The van der Waals surface area contributed by atoms with Crippen LogP contribution in [0.25, 0.3) is 0 Å². The van der Waals surface area contributed by atoms with Gasteiger partial charge in [-0.25, -0.2) is 0 Å². The van der Waals surface area contributed by atoms with Crippen molar-refractivity contribution in [1.82, 2.24) is 0 Å². The van der Waals surface area contributed by atoms with E-state index >= 15 is 0 Å². The van der Waals surface area contributed by atoms with E-state index in [4.69, 9.17) is 0 Å². The minimum absolute atomic E-state index is 0.134. The summed E-state index contributed by atoms with van der Waals surface area (Å²) in [5.74, 6) is 2.29. The van der Waals surface area contributed by atoms with Gasteiger partial charge in [0, 0.05) is 0 Å². The summed E-state index contributed by atoms with van der Waals surface area (Å²) in [6, 6.07) is 0. The van der Waals surface area contributed by atoms with Gasteiger partial charge in [-0.1, -0.05) is 53.7 Å². The Hall–Kier alpha value is -0.830. The Morgan fingerprint density at radius 3 is 2.15 bits per heavy atom. The molecule has 3 nitrogen and oxygen atoms in total. The lowest BCUT2D eigenvalue weighted by Gasteiger charge is -2.71. The molecule has 34 heavy (non-hydrogen) atoms. The van der Waals surface area contributed by atoms with Crippen LogP contribution in [0.1, 0.15) is 113 Å². The van der Waals surface area contributed by atoms with E-state index in [1.807, 2.05) is 13.8 Å². The monoisotopic (exact) mass is 472 g/mol. The fourth-order valence-corrected chi connectivity index (χ4v) is 11.1. The fraction of sp³-hybridized carbons (Fsp3) is 0.903. The molecule has 0 aliphatic heterocycles. The van der Waals surface area contributed by atoms with Crippen LogP contribution < -0.4 is 0 Å². The number of carboxylic acid groups (broad SMARTS) is 1. The van der Waals surface area contributed by atoms with Crippen molar-refractivity contribution in [2.45, 2.75) is 119 Å². The number of allylic oxidation sites excluding steroid dienone is 1. The Morgan fingerprint density at radius 1 is 0.853 bits per heavy atom. The second-order valence-electron chi connectivity index (χ2n) is 13.7. The highest BCUT2D eigenvalue weighted by atomic mass is 16.4. The first-order valence-corrected chi connectivity index (χ1v) is 14.5. The largest absolute Gasteiger partial charge is 0.481 e. The van der Waals surface area contributed by atoms with Gasteiger partial charge in [0.2, 0.25) is 0 Å². The lowest BCUT2D eigenvalue weighted by atomic mass is 9.33. The normalized spacial score (nSPS) is 53.8. The quantitative estimate of drug-likeness (QED) is 0.404. The molecule has 0 radical (unpaired) electrons. The minimum Gasteiger partial charge on any atom is -0.481 e. The van der Waals surface area contributed by atoms with Crippen LogP contribution in [0.2, 0.25) is 0 Å². The molecule has 5 fully saturated rings. The second-order valence-corrected chi connectivity index (χ2v) is 13.7. The van der Waals surface area contributed by atoms with Gasteiger partial charge >= 0.3 is 5.97 Å². The number of hydrogen-bond donors (Lipinski definition) is 2. The highest BCUT2D eigenvalue weighted by Crippen LogP contribution is 2.76. The van der Waals surface area contributed by atoms with Gasteiger partial charge in [0.05, 0.1) is 11.5 Å². The van der Waals surface area contributed by atoms with E-state index in [1.165, 1.54) is 31.3 Å². The van der Waals surface area contributed by atoms with Gasteiger partial charge in [-0.2, -0.15) is 0 Å². The maximum Gasteiger partial charge on any atom is 0.309 e. The van der Waals surface area contributed by atoms with Crippen molar-refractivity contribution in [1.29, 1.82) is 0 Å². The molecule has 2 N–H and O–H groups in total. The Bertz CT molecular complexity index is 819. The van der Waals surface area contributed by atoms with E-state index in [0.717, 1.165) is 38.5 Å². The summed E-state index contributed by atoms with van der Waals surface area (Å²) in [5, 5.41) is 21.1. The third kappa shape index (κ3) is 3.20. The molecule has 5 rings (SSSR count). The standard InChI is InChI=1S/C29H46O3.C2H6/c1-17(2)19-9-14-29(25(31)32)16-15-27(5)21(24(19)29)7-8-23-26(4)12-11-22(30)18(3)20(26)10-13-28(23,27)6;1-2/h18-24,30H,1,7-16H2,2-6H3,(H,31,32);1-2H3/t18?,19-,20?,21?,22?,23?,24?,26?,27+,28?,29?;/m0./s1. The van der Waals surface area contributed by atoms with Crippen molar-refractivity contribution >= 4 is 5.97 Å². The van der Waals surface area contributed by atoms with Gasteiger partial charge in [-0.05, 0) is 123 Å². The molecule has 0 saturated heterocycles. The van der Waals surface area contributed by atoms with Crippen molar-refractivity contribution in [2.75, 3.05) is 0 Å². The number of aliphatic hydroxyl groups excluding tert-OH is 1. The van der Waals surface area contributed by atoms with Crippen molar-refractivity contribution in [3.8, 4) is 0 Å². The molecule has 0 spiro atoms. The van der Waals surface area contributed by atoms with Gasteiger partial charge in [-0.15, -0.1) is 0 Å². The van der Waals surface area contributed by atoms with E-state index in [1.54, 1.807) is 0 Å². The molecular formula is C31H52O3. The molecule has 0 bridgehead atoms. The molecule has 5 aliphatic carbocycles. The topological polar surface area (TPSA) is 57.5 Å². The van der Waals surface area contributed by atoms with Crippen LogP contribution in [-0.2, 0) is 4.79 Å². The molecular weight excluding hydrogens is 420 g/mol. The van der Waals surface area contributed by atoms with Gasteiger partial charge in [0.25, 0.3) is 0 Å². The third-order valence-electron chi connectivity index (χ3n) is 13.1. The molecule has 0 aromatic rings. The van der Waals surface area contributed by atoms with E-state index in [0.29, 0.717) is 35.0 Å². The van der Waals surface area contributed by atoms with Crippen LogP contribution in [0.5, 0.6) is 0 Å². The number of rotatable bonds is 2. The molecule has 0 aromatic carbocycles. The first-order chi connectivity index (χ1) is 15.9. The zero-order valence-corrected chi connectivity index (χ0v) is 23.1. The Morgan fingerprint density at radius 2 is 1.53 bits per heavy atom. The summed E-state index contributed by atoms with van der Waals surface area (Å²) in [6.45, 7) is 20.5. The molecule has 194 valence electrons. The lowest BCUT2D eigenvalue weighted by molar-refractivity contribution is -0.236. The summed E-state index contributed by atoms with van der Waals surface area (Å²) >= 11 is 0. The van der Waals surface area contributed by atoms with Gasteiger partial charge < -0.3 is 10.2 Å². The predicted octanol–water partition coefficient (Wildman–Crippen LogP) is 7.73. The summed E-state index contributed by atoms with van der Waals surface area (Å²) in [7, 11) is 0. The maximum absolute atomic E-state index is 12.7. The van der Waals surface area contributed by atoms with Crippen LogP contribution in [-0.4, -0.2) is 22.3 Å². The van der Waals surface area contributed by atoms with Crippen molar-refractivity contribution in [2.24, 2.45) is 57.2 Å². The third-order valence-corrected chi connectivity index (χ3v) is 13.1. The van der Waals surface area contributed by atoms with E-state index < -0.39 is 11.4 Å². The first-order valence-electron chi connectivity index (χ1n) is 14.5.